The van der Waals surface area contributed by atoms with Gasteiger partial charge in [-0.2, -0.15) is 0 Å². The Hall–Kier alpha value is -0.840. The zero-order valence-corrected chi connectivity index (χ0v) is 14.1. The van der Waals surface area contributed by atoms with Gasteiger partial charge in [0.05, 0.1) is 13.1 Å². The lowest BCUT2D eigenvalue weighted by Gasteiger charge is -2.35. The maximum Gasteiger partial charge on any atom is 0.118 e. The molecule has 1 fully saturated rings. The molecular weight excluding hydrogens is 262 g/mol. The largest absolute Gasteiger partial charge is 0.463 e. The van der Waals surface area contributed by atoms with E-state index in [4.69, 9.17) is 4.42 Å². The molecule has 120 valence electrons. The predicted molar refractivity (Wildman–Crippen MR) is 87.2 cm³/mol. The minimum absolute atomic E-state index is 0.677. The van der Waals surface area contributed by atoms with Crippen LogP contribution in [0.3, 0.4) is 0 Å². The van der Waals surface area contributed by atoms with Crippen molar-refractivity contribution in [2.45, 2.75) is 45.8 Å². The van der Waals surface area contributed by atoms with Crippen LogP contribution in [0.1, 0.15) is 38.2 Å². The Balaban J connectivity index is 1.79. The van der Waals surface area contributed by atoms with Gasteiger partial charge in [0.15, 0.2) is 0 Å². The fourth-order valence-electron chi connectivity index (χ4n) is 2.90. The van der Waals surface area contributed by atoms with Crippen molar-refractivity contribution in [3.63, 3.8) is 0 Å². The molecule has 1 unspecified atom stereocenters. The maximum atomic E-state index is 5.95. The third-order valence-electron chi connectivity index (χ3n) is 4.16. The van der Waals surface area contributed by atoms with E-state index in [1.807, 2.05) is 0 Å². The highest BCUT2D eigenvalue weighted by Gasteiger charge is 2.21. The third-order valence-corrected chi connectivity index (χ3v) is 4.16. The molecule has 4 heteroatoms. The molecule has 1 N–H and O–H groups in total. The van der Waals surface area contributed by atoms with Crippen LogP contribution in [0.4, 0.5) is 0 Å². The Morgan fingerprint density at radius 1 is 1.33 bits per heavy atom. The lowest BCUT2D eigenvalue weighted by atomic mass is 10.0. The van der Waals surface area contributed by atoms with Crippen molar-refractivity contribution in [2.75, 3.05) is 33.7 Å². The molecule has 0 saturated carbocycles. The van der Waals surface area contributed by atoms with E-state index in [9.17, 15) is 0 Å². The summed E-state index contributed by atoms with van der Waals surface area (Å²) in [4.78, 5) is 4.86. The smallest absolute Gasteiger partial charge is 0.118 e. The summed E-state index contributed by atoms with van der Waals surface area (Å²) in [6.45, 7) is 9.58. The second kappa shape index (κ2) is 7.97. The average Bonchev–Trinajstić information content (AvgIpc) is 2.86. The molecule has 1 saturated heterocycles. The van der Waals surface area contributed by atoms with Crippen LogP contribution in [0.2, 0.25) is 0 Å². The number of nitrogens with one attached hydrogen (secondary N) is 1. The molecule has 2 rings (SSSR count). The number of hydrogen-bond acceptors (Lipinski definition) is 4. The van der Waals surface area contributed by atoms with Crippen LogP contribution >= 0.6 is 0 Å². The predicted octanol–water partition coefficient (Wildman–Crippen LogP) is 2.55. The number of piperidine rings is 1. The van der Waals surface area contributed by atoms with Gasteiger partial charge >= 0.3 is 0 Å². The summed E-state index contributed by atoms with van der Waals surface area (Å²) in [5.41, 5.74) is 0. The van der Waals surface area contributed by atoms with Crippen LogP contribution in [0.25, 0.3) is 0 Å². The van der Waals surface area contributed by atoms with E-state index < -0.39 is 0 Å². The van der Waals surface area contributed by atoms with Gasteiger partial charge in [-0.3, -0.25) is 4.90 Å². The molecule has 0 aromatic carbocycles. The van der Waals surface area contributed by atoms with Crippen molar-refractivity contribution in [1.82, 2.24) is 15.1 Å². The zero-order chi connectivity index (χ0) is 15.2. The zero-order valence-electron chi connectivity index (χ0n) is 14.1. The summed E-state index contributed by atoms with van der Waals surface area (Å²) < 4.78 is 5.95. The Bertz CT molecular complexity index is 414. The number of likely N-dealkylation sites (N-methyl/N-ethyl adjacent to an activating group) is 1. The third kappa shape index (κ3) is 5.46. The lowest BCUT2D eigenvalue weighted by Crippen LogP contribution is -2.44. The lowest BCUT2D eigenvalue weighted by molar-refractivity contribution is 0.121. The molecule has 21 heavy (non-hydrogen) atoms. The normalized spacial score (nSPS) is 20.6. The first-order valence-electron chi connectivity index (χ1n) is 8.21. The van der Waals surface area contributed by atoms with E-state index >= 15 is 0 Å². The Labute approximate surface area is 129 Å². The summed E-state index contributed by atoms with van der Waals surface area (Å²) in [5.74, 6) is 2.82. The van der Waals surface area contributed by atoms with E-state index in [1.54, 1.807) is 0 Å². The van der Waals surface area contributed by atoms with Gasteiger partial charge in [0.25, 0.3) is 0 Å². The minimum atomic E-state index is 0.677. The summed E-state index contributed by atoms with van der Waals surface area (Å²) in [5, 5.41) is 3.43. The van der Waals surface area contributed by atoms with Crippen LogP contribution in [-0.2, 0) is 13.1 Å². The highest BCUT2D eigenvalue weighted by Crippen LogP contribution is 2.17. The molecule has 1 aromatic rings. The van der Waals surface area contributed by atoms with Gasteiger partial charge in [-0.25, -0.2) is 0 Å². The number of rotatable bonds is 7. The fraction of sp³-hybridized carbons (Fsp3) is 0.765. The first-order valence-corrected chi connectivity index (χ1v) is 8.21. The molecule has 1 atom stereocenters. The molecule has 1 aliphatic heterocycles. The molecular formula is C17H31N3O. The quantitative estimate of drug-likeness (QED) is 0.837. The van der Waals surface area contributed by atoms with Crippen LogP contribution in [0.15, 0.2) is 16.5 Å². The Morgan fingerprint density at radius 3 is 2.81 bits per heavy atom. The highest BCUT2D eigenvalue weighted by atomic mass is 16.3. The summed E-state index contributed by atoms with van der Waals surface area (Å²) >= 11 is 0. The van der Waals surface area contributed by atoms with Gasteiger partial charge in [-0.05, 0) is 58.1 Å². The van der Waals surface area contributed by atoms with E-state index in [2.05, 4.69) is 55.2 Å². The first kappa shape index (κ1) is 16.5. The van der Waals surface area contributed by atoms with E-state index in [-0.39, 0.29) is 0 Å². The van der Waals surface area contributed by atoms with Crippen molar-refractivity contribution in [3.8, 4) is 0 Å². The van der Waals surface area contributed by atoms with Crippen LogP contribution in [-0.4, -0.2) is 49.6 Å². The van der Waals surface area contributed by atoms with E-state index in [1.165, 1.54) is 19.4 Å². The first-order chi connectivity index (χ1) is 10.0. The standard InChI is InChI=1S/C17H31N3O/c1-14(2)10-18-11-16-7-8-17(21-16)13-20-9-5-6-15(12-20)19(3)4/h7-8,14-15,18H,5-6,9-13H2,1-4H3. The summed E-state index contributed by atoms with van der Waals surface area (Å²) in [6, 6.07) is 4.92. The second-order valence-electron chi connectivity index (χ2n) is 6.89. The molecule has 0 bridgehead atoms. The molecule has 0 aliphatic carbocycles. The van der Waals surface area contributed by atoms with Gasteiger partial charge in [-0.15, -0.1) is 0 Å². The van der Waals surface area contributed by atoms with Crippen molar-refractivity contribution >= 4 is 0 Å². The van der Waals surface area contributed by atoms with Gasteiger partial charge < -0.3 is 14.6 Å². The van der Waals surface area contributed by atoms with Gasteiger partial charge in [0, 0.05) is 12.6 Å². The molecule has 1 aliphatic rings. The fourth-order valence-corrected chi connectivity index (χ4v) is 2.90. The SMILES string of the molecule is CC(C)CNCc1ccc(CN2CCCC(N(C)C)C2)o1. The van der Waals surface area contributed by atoms with Crippen molar-refractivity contribution < 1.29 is 4.42 Å². The molecule has 2 heterocycles. The van der Waals surface area contributed by atoms with Crippen LogP contribution in [0.5, 0.6) is 0 Å². The second-order valence-corrected chi connectivity index (χ2v) is 6.89. The number of nitrogens with zero attached hydrogens (tertiary/aromatic N) is 2. The van der Waals surface area contributed by atoms with E-state index in [0.717, 1.165) is 37.7 Å². The minimum Gasteiger partial charge on any atom is -0.463 e. The Morgan fingerprint density at radius 2 is 2.10 bits per heavy atom. The van der Waals surface area contributed by atoms with Crippen LogP contribution in [0, 0.1) is 5.92 Å². The maximum absolute atomic E-state index is 5.95. The van der Waals surface area contributed by atoms with Gasteiger partial charge in [0.2, 0.25) is 0 Å². The monoisotopic (exact) mass is 293 g/mol. The van der Waals surface area contributed by atoms with Crippen molar-refractivity contribution in [2.24, 2.45) is 5.92 Å². The topological polar surface area (TPSA) is 31.6 Å². The van der Waals surface area contributed by atoms with E-state index in [0.29, 0.717) is 12.0 Å². The highest BCUT2D eigenvalue weighted by molar-refractivity contribution is 5.07. The van der Waals surface area contributed by atoms with Crippen LogP contribution < -0.4 is 5.32 Å². The number of likely N-dealkylation sites (tertiary alicyclic amines) is 1. The molecule has 1 aromatic heterocycles. The number of furan rings is 1. The average molecular weight is 293 g/mol. The molecule has 0 amide bonds. The van der Waals surface area contributed by atoms with Crippen molar-refractivity contribution in [1.29, 1.82) is 0 Å². The Kier molecular flexibility index (Phi) is 6.27. The van der Waals surface area contributed by atoms with Crippen molar-refractivity contribution in [3.05, 3.63) is 23.7 Å². The molecule has 4 nitrogen and oxygen atoms in total. The van der Waals surface area contributed by atoms with Gasteiger partial charge in [0.1, 0.15) is 11.5 Å². The molecule has 0 spiro atoms. The number of hydrogen-bond donors (Lipinski definition) is 1. The summed E-state index contributed by atoms with van der Waals surface area (Å²) in [7, 11) is 4.36. The molecule has 0 radical (unpaired) electrons. The van der Waals surface area contributed by atoms with Gasteiger partial charge in [-0.1, -0.05) is 13.8 Å². The summed E-state index contributed by atoms with van der Waals surface area (Å²) in [6.07, 6.45) is 2.60.